The van der Waals surface area contributed by atoms with Crippen LogP contribution in [-0.4, -0.2) is 8.42 Å². The average Bonchev–Trinajstić information content (AvgIpc) is 2.40. The summed E-state index contributed by atoms with van der Waals surface area (Å²) in [6.45, 7) is 0. The van der Waals surface area contributed by atoms with Crippen molar-refractivity contribution >= 4 is 33.6 Å². The lowest BCUT2D eigenvalue weighted by atomic mass is 10.1. The molecule has 2 aromatic carbocycles. The van der Waals surface area contributed by atoms with Crippen molar-refractivity contribution in [3.63, 3.8) is 0 Å². The van der Waals surface area contributed by atoms with Gasteiger partial charge in [0.05, 0.1) is 16.3 Å². The maximum absolute atomic E-state index is 11.5. The molecule has 6 heteroatoms. The first-order valence-electron chi connectivity index (χ1n) is 5.83. The molecule has 0 unspecified atom stereocenters. The van der Waals surface area contributed by atoms with Crippen molar-refractivity contribution in [3.05, 3.63) is 53.6 Å². The molecule has 0 aliphatic rings. The first-order valence-corrected chi connectivity index (χ1v) is 7.38. The van der Waals surface area contributed by atoms with Crippen molar-refractivity contribution in [3.8, 4) is 0 Å². The molecule has 0 atom stereocenters. The molecule has 2 rings (SSSR count). The number of rotatable bonds is 3. The smallest absolute Gasteiger partial charge is 0.238 e. The lowest BCUT2D eigenvalue weighted by Crippen LogP contribution is -2.13. The topological polar surface area (TPSA) is 112 Å². The van der Waals surface area contributed by atoms with Gasteiger partial charge in [-0.1, -0.05) is 42.5 Å². The summed E-state index contributed by atoms with van der Waals surface area (Å²) in [6.07, 6.45) is 3.35. The van der Waals surface area contributed by atoms with Gasteiger partial charge in [-0.05, 0) is 23.3 Å². The van der Waals surface area contributed by atoms with Gasteiger partial charge < -0.3 is 11.5 Å². The molecular formula is C14H15N3O2S. The zero-order valence-electron chi connectivity index (χ0n) is 10.7. The molecule has 0 radical (unpaired) electrons. The van der Waals surface area contributed by atoms with Gasteiger partial charge in [0.2, 0.25) is 10.0 Å². The van der Waals surface area contributed by atoms with Gasteiger partial charge >= 0.3 is 0 Å². The summed E-state index contributed by atoms with van der Waals surface area (Å²) in [5.74, 6) is 0. The number of hydrogen-bond acceptors (Lipinski definition) is 4. The van der Waals surface area contributed by atoms with E-state index in [2.05, 4.69) is 0 Å². The van der Waals surface area contributed by atoms with E-state index in [0.29, 0.717) is 22.5 Å². The summed E-state index contributed by atoms with van der Waals surface area (Å²) >= 11 is 0. The summed E-state index contributed by atoms with van der Waals surface area (Å²) in [5.41, 5.74) is 13.7. The predicted octanol–water partition coefficient (Wildman–Crippen LogP) is 1.67. The highest BCUT2D eigenvalue weighted by molar-refractivity contribution is 7.89. The van der Waals surface area contributed by atoms with Gasteiger partial charge in [-0.15, -0.1) is 0 Å². The Labute approximate surface area is 117 Å². The molecule has 0 saturated heterocycles. The Morgan fingerprint density at radius 2 is 1.45 bits per heavy atom. The minimum Gasteiger partial charge on any atom is -0.397 e. The highest BCUT2D eigenvalue weighted by atomic mass is 32.2. The average molecular weight is 289 g/mol. The molecule has 0 heterocycles. The molecule has 0 aliphatic heterocycles. The number of sulfonamides is 1. The van der Waals surface area contributed by atoms with E-state index in [1.807, 2.05) is 0 Å². The van der Waals surface area contributed by atoms with E-state index < -0.39 is 10.0 Å². The van der Waals surface area contributed by atoms with Crippen LogP contribution < -0.4 is 16.6 Å². The highest BCUT2D eigenvalue weighted by Crippen LogP contribution is 2.23. The fourth-order valence-corrected chi connectivity index (χ4v) is 2.54. The highest BCUT2D eigenvalue weighted by Gasteiger charge is 2.10. The second-order valence-electron chi connectivity index (χ2n) is 4.27. The van der Waals surface area contributed by atoms with E-state index in [0.717, 1.165) is 0 Å². The molecule has 0 aromatic heterocycles. The molecule has 0 fully saturated rings. The van der Waals surface area contributed by atoms with Crippen molar-refractivity contribution in [1.29, 1.82) is 0 Å². The van der Waals surface area contributed by atoms with Crippen molar-refractivity contribution in [1.82, 2.24) is 0 Å². The van der Waals surface area contributed by atoms with Crippen LogP contribution in [0.1, 0.15) is 11.1 Å². The Hall–Kier alpha value is -2.31. The third-order valence-electron chi connectivity index (χ3n) is 2.84. The van der Waals surface area contributed by atoms with Crippen LogP contribution in [0.15, 0.2) is 47.4 Å². The van der Waals surface area contributed by atoms with Gasteiger partial charge in [0.1, 0.15) is 0 Å². The van der Waals surface area contributed by atoms with E-state index in [-0.39, 0.29) is 4.90 Å². The maximum Gasteiger partial charge on any atom is 0.238 e. The fraction of sp³-hybridized carbons (Fsp3) is 0. The van der Waals surface area contributed by atoms with Crippen LogP contribution in [-0.2, 0) is 10.0 Å². The van der Waals surface area contributed by atoms with Gasteiger partial charge in [-0.25, -0.2) is 13.6 Å². The van der Waals surface area contributed by atoms with E-state index in [9.17, 15) is 8.42 Å². The number of nitrogen functional groups attached to an aromatic ring is 2. The van der Waals surface area contributed by atoms with E-state index >= 15 is 0 Å². The largest absolute Gasteiger partial charge is 0.397 e. The monoisotopic (exact) mass is 289 g/mol. The zero-order valence-corrected chi connectivity index (χ0v) is 11.5. The Morgan fingerprint density at radius 1 is 0.850 bits per heavy atom. The van der Waals surface area contributed by atoms with Crippen LogP contribution in [0.3, 0.4) is 0 Å². The lowest BCUT2D eigenvalue weighted by molar-refractivity contribution is 0.597. The van der Waals surface area contributed by atoms with E-state index in [1.165, 1.54) is 6.07 Å². The first kappa shape index (κ1) is 14.1. The van der Waals surface area contributed by atoms with Crippen molar-refractivity contribution in [2.75, 3.05) is 11.5 Å². The van der Waals surface area contributed by atoms with Gasteiger partial charge in [-0.3, -0.25) is 0 Å². The number of benzene rings is 2. The predicted molar refractivity (Wildman–Crippen MR) is 82.0 cm³/mol. The van der Waals surface area contributed by atoms with Crippen molar-refractivity contribution in [2.45, 2.75) is 4.90 Å². The van der Waals surface area contributed by atoms with Crippen LogP contribution >= 0.6 is 0 Å². The first-order chi connectivity index (χ1) is 9.39. The standard InChI is InChI=1S/C14H15N3O2S/c15-12-6-3-5-11(14(12)16)9-8-10-4-1-2-7-13(10)20(17,18)19/h1-9H,15-16H2,(H2,17,18,19). The van der Waals surface area contributed by atoms with Crippen LogP contribution in [0.4, 0.5) is 11.4 Å². The third-order valence-corrected chi connectivity index (χ3v) is 3.83. The molecule has 6 N–H and O–H groups in total. The van der Waals surface area contributed by atoms with Gasteiger partial charge in [-0.2, -0.15) is 0 Å². The van der Waals surface area contributed by atoms with E-state index in [4.69, 9.17) is 16.6 Å². The number of primary sulfonamides is 1. The van der Waals surface area contributed by atoms with Crippen molar-refractivity contribution in [2.24, 2.45) is 5.14 Å². The number of hydrogen-bond donors (Lipinski definition) is 3. The molecule has 0 bridgehead atoms. The Kier molecular flexibility index (Phi) is 3.78. The second-order valence-corrected chi connectivity index (χ2v) is 5.80. The fourth-order valence-electron chi connectivity index (χ4n) is 1.80. The van der Waals surface area contributed by atoms with Crippen LogP contribution in [0.25, 0.3) is 12.2 Å². The van der Waals surface area contributed by atoms with Crippen molar-refractivity contribution < 1.29 is 8.42 Å². The maximum atomic E-state index is 11.5. The van der Waals surface area contributed by atoms with Crippen LogP contribution in [0.5, 0.6) is 0 Å². The SMILES string of the molecule is Nc1cccc(C=Cc2ccccc2S(N)(=O)=O)c1N. The normalized spacial score (nSPS) is 11.8. The van der Waals surface area contributed by atoms with Gasteiger partial charge in [0.15, 0.2) is 0 Å². The molecule has 0 aliphatic carbocycles. The molecule has 104 valence electrons. The molecule has 20 heavy (non-hydrogen) atoms. The zero-order chi connectivity index (χ0) is 14.8. The molecule has 2 aromatic rings. The lowest BCUT2D eigenvalue weighted by Gasteiger charge is -2.05. The Morgan fingerprint density at radius 3 is 2.15 bits per heavy atom. The van der Waals surface area contributed by atoms with Crippen LogP contribution in [0, 0.1) is 0 Å². The molecule has 0 spiro atoms. The summed E-state index contributed by atoms with van der Waals surface area (Å²) < 4.78 is 23.0. The molecule has 5 nitrogen and oxygen atoms in total. The molecule has 0 saturated carbocycles. The number of para-hydroxylation sites is 1. The summed E-state index contributed by atoms with van der Waals surface area (Å²) in [4.78, 5) is 0.0683. The van der Waals surface area contributed by atoms with Gasteiger partial charge in [0.25, 0.3) is 0 Å². The Bertz CT molecular complexity index is 768. The van der Waals surface area contributed by atoms with E-state index in [1.54, 1.807) is 48.6 Å². The van der Waals surface area contributed by atoms with Gasteiger partial charge in [0, 0.05) is 0 Å². The quantitative estimate of drug-likeness (QED) is 0.589. The van der Waals surface area contributed by atoms with Crippen LogP contribution in [0.2, 0.25) is 0 Å². The minimum atomic E-state index is -3.76. The summed E-state index contributed by atoms with van der Waals surface area (Å²) in [5, 5.41) is 5.17. The second kappa shape index (κ2) is 5.36. The number of nitrogens with two attached hydrogens (primary N) is 3. The minimum absolute atomic E-state index is 0.0683. The molecular weight excluding hydrogens is 274 g/mol. The number of anilines is 2. The summed E-state index contributed by atoms with van der Waals surface area (Å²) in [6, 6.07) is 11.7. The molecule has 0 amide bonds. The third kappa shape index (κ3) is 2.98. The summed E-state index contributed by atoms with van der Waals surface area (Å²) in [7, 11) is -3.76. The Balaban J connectivity index is 2.45.